The van der Waals surface area contributed by atoms with E-state index in [2.05, 4.69) is 0 Å². The predicted octanol–water partition coefficient (Wildman–Crippen LogP) is 0.0987. The van der Waals surface area contributed by atoms with Crippen LogP contribution in [0, 0.1) is 5.92 Å². The molecular formula is C12H21N3O4. The van der Waals surface area contributed by atoms with Gasteiger partial charge in [0, 0.05) is 26.6 Å². The third kappa shape index (κ3) is 4.11. The molecule has 19 heavy (non-hydrogen) atoms. The molecule has 0 aromatic rings. The number of primary amides is 1. The zero-order valence-electron chi connectivity index (χ0n) is 11.3. The van der Waals surface area contributed by atoms with E-state index in [0.29, 0.717) is 19.5 Å². The molecule has 1 unspecified atom stereocenters. The highest BCUT2D eigenvalue weighted by Gasteiger charge is 2.29. The van der Waals surface area contributed by atoms with E-state index in [4.69, 9.17) is 10.8 Å². The molecular weight excluding hydrogens is 250 g/mol. The summed E-state index contributed by atoms with van der Waals surface area (Å²) in [6, 6.07) is -1.14. The van der Waals surface area contributed by atoms with Crippen molar-refractivity contribution in [2.75, 3.05) is 20.1 Å². The van der Waals surface area contributed by atoms with Crippen LogP contribution in [0.2, 0.25) is 0 Å². The molecule has 1 fully saturated rings. The van der Waals surface area contributed by atoms with E-state index in [1.54, 1.807) is 4.90 Å². The van der Waals surface area contributed by atoms with E-state index in [0.717, 1.165) is 12.8 Å². The van der Waals surface area contributed by atoms with Crippen LogP contribution in [0.15, 0.2) is 0 Å². The molecule has 1 aliphatic heterocycles. The second-order valence-electron chi connectivity index (χ2n) is 5.01. The maximum Gasteiger partial charge on any atom is 0.326 e. The largest absolute Gasteiger partial charge is 0.480 e. The van der Waals surface area contributed by atoms with Crippen molar-refractivity contribution in [1.82, 2.24) is 9.80 Å². The number of amides is 3. The minimum absolute atomic E-state index is 0.226. The van der Waals surface area contributed by atoms with Crippen molar-refractivity contribution in [3.8, 4) is 0 Å². The van der Waals surface area contributed by atoms with Gasteiger partial charge >= 0.3 is 12.0 Å². The van der Waals surface area contributed by atoms with Crippen molar-refractivity contribution in [3.05, 3.63) is 0 Å². The number of likely N-dealkylation sites (N-methyl/N-ethyl adjacent to an activating group) is 1. The van der Waals surface area contributed by atoms with Crippen LogP contribution in [0.25, 0.3) is 0 Å². The lowest BCUT2D eigenvalue weighted by molar-refractivity contribution is -0.141. The Morgan fingerprint density at radius 1 is 1.37 bits per heavy atom. The first-order valence-corrected chi connectivity index (χ1v) is 6.35. The van der Waals surface area contributed by atoms with Gasteiger partial charge in [-0.3, -0.25) is 4.79 Å². The van der Waals surface area contributed by atoms with E-state index >= 15 is 0 Å². The number of nitrogens with two attached hydrogens (primary N) is 1. The summed E-state index contributed by atoms with van der Waals surface area (Å²) in [7, 11) is 1.48. The van der Waals surface area contributed by atoms with E-state index in [1.165, 1.54) is 18.9 Å². The SMILES string of the molecule is CC(C(=O)O)N(C)C(=O)N1CCC(CC(N)=O)CC1. The number of rotatable bonds is 4. The Balaban J connectivity index is 2.48. The summed E-state index contributed by atoms with van der Waals surface area (Å²) >= 11 is 0. The molecule has 0 radical (unpaired) electrons. The molecule has 0 spiro atoms. The van der Waals surface area contributed by atoms with Crippen LogP contribution in [0.1, 0.15) is 26.2 Å². The van der Waals surface area contributed by atoms with Gasteiger partial charge in [0.25, 0.3) is 0 Å². The van der Waals surface area contributed by atoms with Gasteiger partial charge in [0.05, 0.1) is 0 Å². The molecule has 0 bridgehead atoms. The van der Waals surface area contributed by atoms with Gasteiger partial charge in [0.2, 0.25) is 5.91 Å². The number of nitrogens with zero attached hydrogens (tertiary/aromatic N) is 2. The van der Waals surface area contributed by atoms with Gasteiger partial charge in [-0.2, -0.15) is 0 Å². The van der Waals surface area contributed by atoms with Gasteiger partial charge in [0.15, 0.2) is 0 Å². The Morgan fingerprint density at radius 2 is 1.89 bits per heavy atom. The molecule has 3 N–H and O–H groups in total. The normalized spacial score (nSPS) is 17.9. The van der Waals surface area contributed by atoms with Gasteiger partial charge < -0.3 is 20.6 Å². The van der Waals surface area contributed by atoms with Crippen LogP contribution in [0.3, 0.4) is 0 Å². The third-order valence-corrected chi connectivity index (χ3v) is 3.61. The number of likely N-dealkylation sites (tertiary alicyclic amines) is 1. The van der Waals surface area contributed by atoms with Gasteiger partial charge in [-0.25, -0.2) is 9.59 Å². The van der Waals surface area contributed by atoms with E-state index in [-0.39, 0.29) is 17.9 Å². The molecule has 0 aliphatic carbocycles. The Kier molecular flexibility index (Phi) is 5.14. The molecule has 0 aromatic heterocycles. The number of carboxylic acids is 1. The zero-order chi connectivity index (χ0) is 14.6. The molecule has 1 saturated heterocycles. The topological polar surface area (TPSA) is 104 Å². The smallest absolute Gasteiger partial charge is 0.326 e. The fraction of sp³-hybridized carbons (Fsp3) is 0.750. The summed E-state index contributed by atoms with van der Waals surface area (Å²) < 4.78 is 0. The van der Waals surface area contributed by atoms with Crippen LogP contribution in [-0.2, 0) is 9.59 Å². The number of carbonyl (C=O) groups excluding carboxylic acids is 2. The Morgan fingerprint density at radius 3 is 2.32 bits per heavy atom. The van der Waals surface area contributed by atoms with Crippen molar-refractivity contribution < 1.29 is 19.5 Å². The first-order valence-electron chi connectivity index (χ1n) is 6.35. The average molecular weight is 271 g/mol. The summed E-state index contributed by atoms with van der Waals surface area (Å²) in [6.45, 7) is 2.54. The van der Waals surface area contributed by atoms with E-state index < -0.39 is 12.0 Å². The highest BCUT2D eigenvalue weighted by Crippen LogP contribution is 2.21. The summed E-state index contributed by atoms with van der Waals surface area (Å²) in [5, 5.41) is 8.88. The molecule has 1 aliphatic rings. The Labute approximate surface area is 112 Å². The fourth-order valence-corrected chi connectivity index (χ4v) is 2.17. The fourth-order valence-electron chi connectivity index (χ4n) is 2.17. The van der Waals surface area contributed by atoms with Crippen molar-refractivity contribution >= 4 is 17.9 Å². The van der Waals surface area contributed by atoms with Crippen molar-refractivity contribution in [2.24, 2.45) is 11.7 Å². The van der Waals surface area contributed by atoms with Gasteiger partial charge in [0.1, 0.15) is 6.04 Å². The lowest BCUT2D eigenvalue weighted by atomic mass is 9.93. The molecule has 1 rings (SSSR count). The summed E-state index contributed by atoms with van der Waals surface area (Å²) in [6.07, 6.45) is 1.80. The highest BCUT2D eigenvalue weighted by molar-refractivity contribution is 5.82. The molecule has 108 valence electrons. The molecule has 7 heteroatoms. The maximum absolute atomic E-state index is 12.1. The van der Waals surface area contributed by atoms with Crippen LogP contribution in [0.4, 0.5) is 4.79 Å². The van der Waals surface area contributed by atoms with E-state index in [1.807, 2.05) is 0 Å². The maximum atomic E-state index is 12.1. The highest BCUT2D eigenvalue weighted by atomic mass is 16.4. The quantitative estimate of drug-likeness (QED) is 0.756. The second-order valence-corrected chi connectivity index (χ2v) is 5.01. The monoisotopic (exact) mass is 271 g/mol. The number of piperidine rings is 1. The van der Waals surface area contributed by atoms with Crippen molar-refractivity contribution in [2.45, 2.75) is 32.2 Å². The van der Waals surface area contributed by atoms with Gasteiger partial charge in [-0.1, -0.05) is 0 Å². The number of carbonyl (C=O) groups is 3. The number of hydrogen-bond acceptors (Lipinski definition) is 3. The van der Waals surface area contributed by atoms with E-state index in [9.17, 15) is 14.4 Å². The summed E-state index contributed by atoms with van der Waals surface area (Å²) in [5.74, 6) is -1.12. The Bertz CT molecular complexity index is 364. The number of hydrogen-bond donors (Lipinski definition) is 2. The molecule has 1 heterocycles. The Hall–Kier alpha value is -1.79. The first-order chi connectivity index (χ1) is 8.82. The number of carboxylic acid groups (broad SMARTS) is 1. The minimum atomic E-state index is -1.03. The van der Waals surface area contributed by atoms with Crippen LogP contribution in [-0.4, -0.2) is 59.0 Å². The summed E-state index contributed by atoms with van der Waals surface area (Å²) in [5.41, 5.74) is 5.15. The zero-order valence-corrected chi connectivity index (χ0v) is 11.3. The predicted molar refractivity (Wildman–Crippen MR) is 68.4 cm³/mol. The van der Waals surface area contributed by atoms with Gasteiger partial charge in [-0.05, 0) is 25.7 Å². The van der Waals surface area contributed by atoms with Crippen molar-refractivity contribution in [1.29, 1.82) is 0 Å². The minimum Gasteiger partial charge on any atom is -0.480 e. The average Bonchev–Trinajstić information content (AvgIpc) is 2.36. The first kappa shape index (κ1) is 15.3. The second kappa shape index (κ2) is 6.40. The number of aliphatic carboxylic acids is 1. The van der Waals surface area contributed by atoms with Crippen LogP contribution >= 0.6 is 0 Å². The van der Waals surface area contributed by atoms with Gasteiger partial charge in [-0.15, -0.1) is 0 Å². The lowest BCUT2D eigenvalue weighted by Gasteiger charge is -2.35. The van der Waals surface area contributed by atoms with Crippen LogP contribution < -0.4 is 5.73 Å². The summed E-state index contributed by atoms with van der Waals surface area (Å²) in [4.78, 5) is 36.6. The molecule has 0 saturated carbocycles. The lowest BCUT2D eigenvalue weighted by Crippen LogP contribution is -2.50. The molecule has 1 atom stereocenters. The standard InChI is InChI=1S/C12H21N3O4/c1-8(11(17)18)14(2)12(19)15-5-3-9(4-6-15)7-10(13)16/h8-9H,3-7H2,1-2H3,(H2,13,16)(H,17,18). The third-order valence-electron chi connectivity index (χ3n) is 3.61. The molecule has 7 nitrogen and oxygen atoms in total. The molecule has 0 aromatic carbocycles. The van der Waals surface area contributed by atoms with Crippen LogP contribution in [0.5, 0.6) is 0 Å². The molecule has 3 amide bonds. The number of urea groups is 1. The van der Waals surface area contributed by atoms with Crippen molar-refractivity contribution in [3.63, 3.8) is 0 Å².